The van der Waals surface area contributed by atoms with E-state index in [1.165, 1.54) is 0 Å². The average molecular weight is 194 g/mol. The molecular weight excluding hydrogens is 184 g/mol. The first-order valence-electron chi connectivity index (χ1n) is 4.35. The molecule has 1 unspecified atom stereocenters. The summed E-state index contributed by atoms with van der Waals surface area (Å²) in [6, 6.07) is 0.660. The molecule has 2 rings (SSSR count). The van der Waals surface area contributed by atoms with Gasteiger partial charge in [-0.25, -0.2) is 4.79 Å². The number of hydrogen-bond donors (Lipinski definition) is 2. The molecule has 0 radical (unpaired) electrons. The summed E-state index contributed by atoms with van der Waals surface area (Å²) >= 11 is 0. The highest BCUT2D eigenvalue weighted by Gasteiger charge is 2.32. The van der Waals surface area contributed by atoms with E-state index in [2.05, 4.69) is 15.7 Å². The molecule has 74 valence electrons. The number of rotatable bonds is 2. The van der Waals surface area contributed by atoms with E-state index < -0.39 is 12.1 Å². The zero-order chi connectivity index (χ0) is 10.1. The number of hydrogen-bond acceptors (Lipinski definition) is 3. The van der Waals surface area contributed by atoms with Crippen molar-refractivity contribution in [2.75, 3.05) is 0 Å². The zero-order valence-electron chi connectivity index (χ0n) is 7.65. The van der Waals surface area contributed by atoms with Gasteiger partial charge in [-0.15, -0.1) is 0 Å². The molecule has 0 aromatic carbocycles. The van der Waals surface area contributed by atoms with Crippen LogP contribution < -0.4 is 10.6 Å². The van der Waals surface area contributed by atoms with Crippen LogP contribution in [-0.4, -0.2) is 21.7 Å². The second kappa shape index (κ2) is 3.13. The molecule has 2 N–H and O–H groups in total. The number of carbonyl (C=O) groups excluding carboxylic acids is 2. The highest BCUT2D eigenvalue weighted by atomic mass is 16.2. The molecule has 1 aromatic heterocycles. The number of nitrogens with zero attached hydrogens (tertiary/aromatic N) is 2. The predicted molar refractivity (Wildman–Crippen MR) is 47.3 cm³/mol. The molecular formula is C8H10N4O2. The van der Waals surface area contributed by atoms with Gasteiger partial charge in [-0.05, 0) is 13.0 Å². The standard InChI is InChI=1S/C8H10N4O2/c1-2-12-5(3-4-9-12)6-7(13)11-8(14)10-6/h3-4,6H,2H2,1H3,(H2,10,11,13,14). The minimum Gasteiger partial charge on any atom is -0.321 e. The third kappa shape index (κ3) is 1.24. The largest absolute Gasteiger partial charge is 0.322 e. The van der Waals surface area contributed by atoms with Crippen LogP contribution in [0.1, 0.15) is 18.7 Å². The fraction of sp³-hybridized carbons (Fsp3) is 0.375. The Bertz CT molecular complexity index is 384. The summed E-state index contributed by atoms with van der Waals surface area (Å²) in [5, 5.41) is 8.72. The molecule has 0 saturated carbocycles. The fourth-order valence-electron chi connectivity index (χ4n) is 1.48. The van der Waals surface area contributed by atoms with Crippen molar-refractivity contribution in [2.45, 2.75) is 19.5 Å². The number of carbonyl (C=O) groups is 2. The highest BCUT2D eigenvalue weighted by Crippen LogP contribution is 2.15. The highest BCUT2D eigenvalue weighted by molar-refractivity contribution is 6.04. The van der Waals surface area contributed by atoms with Gasteiger partial charge in [-0.1, -0.05) is 0 Å². The number of nitrogens with one attached hydrogen (secondary N) is 2. The summed E-state index contributed by atoms with van der Waals surface area (Å²) in [5.74, 6) is -0.329. The molecule has 0 spiro atoms. The Morgan fingerprint density at radius 3 is 2.93 bits per heavy atom. The second-order valence-electron chi connectivity index (χ2n) is 2.97. The van der Waals surface area contributed by atoms with Crippen LogP contribution in [0.4, 0.5) is 4.79 Å². The molecule has 0 bridgehead atoms. The molecule has 3 amide bonds. The van der Waals surface area contributed by atoms with Crippen LogP contribution in [0.15, 0.2) is 12.3 Å². The van der Waals surface area contributed by atoms with Gasteiger partial charge < -0.3 is 5.32 Å². The van der Waals surface area contributed by atoms with Crippen molar-refractivity contribution in [3.63, 3.8) is 0 Å². The van der Waals surface area contributed by atoms with Crippen molar-refractivity contribution in [3.05, 3.63) is 18.0 Å². The third-order valence-corrected chi connectivity index (χ3v) is 2.12. The molecule has 1 atom stereocenters. The Balaban J connectivity index is 2.31. The molecule has 1 aliphatic heterocycles. The van der Waals surface area contributed by atoms with Crippen molar-refractivity contribution in [3.8, 4) is 0 Å². The first-order chi connectivity index (χ1) is 6.72. The smallest absolute Gasteiger partial charge is 0.321 e. The van der Waals surface area contributed by atoms with E-state index in [9.17, 15) is 9.59 Å². The van der Waals surface area contributed by atoms with Crippen LogP contribution in [-0.2, 0) is 11.3 Å². The van der Waals surface area contributed by atoms with E-state index >= 15 is 0 Å². The molecule has 1 aromatic rings. The minimum atomic E-state index is -0.607. The molecule has 2 heterocycles. The van der Waals surface area contributed by atoms with Gasteiger partial charge in [0.2, 0.25) is 0 Å². The normalized spacial score (nSPS) is 20.8. The summed E-state index contributed by atoms with van der Waals surface area (Å²) in [7, 11) is 0. The zero-order valence-corrected chi connectivity index (χ0v) is 7.65. The lowest BCUT2D eigenvalue weighted by Gasteiger charge is -2.08. The molecule has 6 nitrogen and oxygen atoms in total. The molecule has 1 saturated heterocycles. The van der Waals surface area contributed by atoms with Crippen LogP contribution in [0.2, 0.25) is 0 Å². The molecule has 6 heteroatoms. The van der Waals surface area contributed by atoms with E-state index in [4.69, 9.17) is 0 Å². The maximum absolute atomic E-state index is 11.3. The number of amides is 3. The maximum atomic E-state index is 11.3. The Hall–Kier alpha value is -1.85. The Labute approximate surface area is 80.3 Å². The Morgan fingerprint density at radius 2 is 2.36 bits per heavy atom. The Morgan fingerprint density at radius 1 is 1.57 bits per heavy atom. The van der Waals surface area contributed by atoms with E-state index in [0.717, 1.165) is 0 Å². The topological polar surface area (TPSA) is 76.0 Å². The molecule has 1 fully saturated rings. The van der Waals surface area contributed by atoms with Gasteiger partial charge in [0.15, 0.2) is 6.04 Å². The van der Waals surface area contributed by atoms with Crippen molar-refractivity contribution < 1.29 is 9.59 Å². The van der Waals surface area contributed by atoms with E-state index in [-0.39, 0.29) is 5.91 Å². The molecule has 0 aliphatic carbocycles. The van der Waals surface area contributed by atoms with E-state index in [1.807, 2.05) is 6.92 Å². The maximum Gasteiger partial charge on any atom is 0.322 e. The third-order valence-electron chi connectivity index (χ3n) is 2.12. The summed E-state index contributed by atoms with van der Waals surface area (Å²) in [5.41, 5.74) is 0.704. The summed E-state index contributed by atoms with van der Waals surface area (Å²) in [4.78, 5) is 22.2. The number of aryl methyl sites for hydroxylation is 1. The Kier molecular flexibility index (Phi) is 1.95. The SMILES string of the molecule is CCn1nccc1C1NC(=O)NC1=O. The molecule has 14 heavy (non-hydrogen) atoms. The number of imide groups is 1. The number of aromatic nitrogens is 2. The van der Waals surface area contributed by atoms with Gasteiger partial charge in [0, 0.05) is 12.7 Å². The van der Waals surface area contributed by atoms with Crippen molar-refractivity contribution in [2.24, 2.45) is 0 Å². The quantitative estimate of drug-likeness (QED) is 0.639. The van der Waals surface area contributed by atoms with Gasteiger partial charge >= 0.3 is 6.03 Å². The van der Waals surface area contributed by atoms with Crippen LogP contribution in [0.25, 0.3) is 0 Å². The lowest BCUT2D eigenvalue weighted by molar-refractivity contribution is -0.120. The van der Waals surface area contributed by atoms with Gasteiger partial charge in [0.1, 0.15) is 0 Å². The monoisotopic (exact) mass is 194 g/mol. The number of urea groups is 1. The predicted octanol–water partition coefficient (Wildman–Crippen LogP) is -0.217. The first-order valence-corrected chi connectivity index (χ1v) is 4.35. The van der Waals surface area contributed by atoms with Gasteiger partial charge in [0.25, 0.3) is 5.91 Å². The summed E-state index contributed by atoms with van der Waals surface area (Å²) in [6.07, 6.45) is 1.61. The van der Waals surface area contributed by atoms with Crippen molar-refractivity contribution >= 4 is 11.9 Å². The van der Waals surface area contributed by atoms with Gasteiger partial charge in [-0.2, -0.15) is 5.10 Å². The van der Waals surface area contributed by atoms with Crippen LogP contribution in [0.3, 0.4) is 0 Å². The molecule has 1 aliphatic rings. The average Bonchev–Trinajstić information content (AvgIpc) is 2.71. The first kappa shape index (κ1) is 8.74. The lowest BCUT2D eigenvalue weighted by atomic mass is 10.2. The van der Waals surface area contributed by atoms with Gasteiger partial charge in [-0.3, -0.25) is 14.8 Å². The summed E-state index contributed by atoms with van der Waals surface area (Å²) in [6.45, 7) is 2.59. The van der Waals surface area contributed by atoms with E-state index in [0.29, 0.717) is 12.2 Å². The fourth-order valence-corrected chi connectivity index (χ4v) is 1.48. The van der Waals surface area contributed by atoms with E-state index in [1.54, 1.807) is 16.9 Å². The lowest BCUT2D eigenvalue weighted by Crippen LogP contribution is -2.23. The van der Waals surface area contributed by atoms with Crippen LogP contribution >= 0.6 is 0 Å². The second-order valence-corrected chi connectivity index (χ2v) is 2.97. The van der Waals surface area contributed by atoms with Crippen molar-refractivity contribution in [1.29, 1.82) is 0 Å². The van der Waals surface area contributed by atoms with Crippen LogP contribution in [0, 0.1) is 0 Å². The van der Waals surface area contributed by atoms with Crippen LogP contribution in [0.5, 0.6) is 0 Å². The van der Waals surface area contributed by atoms with Crippen molar-refractivity contribution in [1.82, 2.24) is 20.4 Å². The van der Waals surface area contributed by atoms with Gasteiger partial charge in [0.05, 0.1) is 5.69 Å². The minimum absolute atomic E-state index is 0.329. The summed E-state index contributed by atoms with van der Waals surface area (Å²) < 4.78 is 1.68.